The van der Waals surface area contributed by atoms with E-state index >= 15 is 0 Å². The van der Waals surface area contributed by atoms with E-state index in [0.717, 1.165) is 36.3 Å². The molecule has 8 heteroatoms. The number of urea groups is 1. The maximum absolute atomic E-state index is 13.5. The molecule has 6 nitrogen and oxygen atoms in total. The molecule has 0 radical (unpaired) electrons. The molecule has 1 aromatic carbocycles. The minimum absolute atomic E-state index is 0.348. The number of carbonyl (C=O) groups excluding carboxylic acids is 3. The molecule has 0 aromatic heterocycles. The molecule has 2 aliphatic rings. The molecule has 1 N–H and O–H groups in total. The Hall–Kier alpha value is -2.51. The van der Waals surface area contributed by atoms with Gasteiger partial charge in [0.1, 0.15) is 12.1 Å². The third-order valence-corrected chi connectivity index (χ3v) is 6.48. The quantitative estimate of drug-likeness (QED) is 0.761. The zero-order valence-corrected chi connectivity index (χ0v) is 17.0. The molecule has 1 saturated heterocycles. The number of nitrogens with one attached hydrogen (secondary N) is 1. The van der Waals surface area contributed by atoms with Crippen LogP contribution in [-0.2, 0) is 9.59 Å². The highest BCUT2D eigenvalue weighted by Gasteiger charge is 2.52. The number of amides is 4. The SMILES string of the molecule is CCC1CCC2(CC1)NC(=O)N(CC(=O)N(C)C(C)c1ccc(F)c(F)c1)C2=O. The van der Waals surface area contributed by atoms with Crippen molar-refractivity contribution in [2.24, 2.45) is 5.92 Å². The van der Waals surface area contributed by atoms with Gasteiger partial charge in [-0.2, -0.15) is 0 Å². The number of imide groups is 1. The average molecular weight is 407 g/mol. The van der Waals surface area contributed by atoms with E-state index in [2.05, 4.69) is 12.2 Å². The number of likely N-dealkylation sites (N-methyl/N-ethyl adjacent to an activating group) is 1. The van der Waals surface area contributed by atoms with E-state index in [1.54, 1.807) is 6.92 Å². The van der Waals surface area contributed by atoms with Crippen LogP contribution in [0.4, 0.5) is 13.6 Å². The van der Waals surface area contributed by atoms with Crippen LogP contribution in [0.2, 0.25) is 0 Å². The van der Waals surface area contributed by atoms with Gasteiger partial charge in [0.05, 0.1) is 6.04 Å². The van der Waals surface area contributed by atoms with Crippen molar-refractivity contribution < 1.29 is 23.2 Å². The maximum atomic E-state index is 13.5. The number of benzene rings is 1. The van der Waals surface area contributed by atoms with Gasteiger partial charge in [-0.25, -0.2) is 13.6 Å². The van der Waals surface area contributed by atoms with Gasteiger partial charge in [-0.15, -0.1) is 0 Å². The van der Waals surface area contributed by atoms with Gasteiger partial charge in [-0.1, -0.05) is 19.4 Å². The van der Waals surface area contributed by atoms with Crippen LogP contribution in [0, 0.1) is 17.6 Å². The van der Waals surface area contributed by atoms with E-state index in [0.29, 0.717) is 24.3 Å². The molecule has 1 spiro atoms. The fourth-order valence-electron chi connectivity index (χ4n) is 4.20. The zero-order valence-electron chi connectivity index (χ0n) is 17.0. The molecule has 1 aliphatic carbocycles. The van der Waals surface area contributed by atoms with Gasteiger partial charge < -0.3 is 10.2 Å². The first-order valence-corrected chi connectivity index (χ1v) is 10.0. The highest BCUT2D eigenvalue weighted by Crippen LogP contribution is 2.37. The maximum Gasteiger partial charge on any atom is 0.325 e. The summed E-state index contributed by atoms with van der Waals surface area (Å²) in [6.45, 7) is 3.41. The summed E-state index contributed by atoms with van der Waals surface area (Å²) in [7, 11) is 1.51. The third kappa shape index (κ3) is 3.97. The summed E-state index contributed by atoms with van der Waals surface area (Å²) >= 11 is 0. The first-order chi connectivity index (χ1) is 13.7. The molecule has 1 heterocycles. The lowest BCUT2D eigenvalue weighted by Crippen LogP contribution is -2.50. The Bertz CT molecular complexity index is 821. The monoisotopic (exact) mass is 407 g/mol. The van der Waals surface area contributed by atoms with Gasteiger partial charge in [-0.05, 0) is 56.2 Å². The summed E-state index contributed by atoms with van der Waals surface area (Å²) in [5.41, 5.74) is -0.473. The zero-order chi connectivity index (χ0) is 21.3. The van der Waals surface area contributed by atoms with Gasteiger partial charge in [0.25, 0.3) is 5.91 Å². The summed E-state index contributed by atoms with van der Waals surface area (Å²) in [5.74, 6) is -2.19. The van der Waals surface area contributed by atoms with Crippen molar-refractivity contribution >= 4 is 17.8 Å². The second-order valence-corrected chi connectivity index (χ2v) is 8.11. The highest BCUT2D eigenvalue weighted by molar-refractivity contribution is 6.09. The van der Waals surface area contributed by atoms with Crippen LogP contribution in [0.3, 0.4) is 0 Å². The van der Waals surface area contributed by atoms with E-state index in [-0.39, 0.29) is 12.5 Å². The molecule has 1 aromatic rings. The minimum atomic E-state index is -0.992. The van der Waals surface area contributed by atoms with E-state index < -0.39 is 35.2 Å². The molecule has 3 rings (SSSR count). The van der Waals surface area contributed by atoms with E-state index in [1.165, 1.54) is 18.0 Å². The molecule has 29 heavy (non-hydrogen) atoms. The van der Waals surface area contributed by atoms with Crippen molar-refractivity contribution in [3.8, 4) is 0 Å². The van der Waals surface area contributed by atoms with Crippen LogP contribution in [0.5, 0.6) is 0 Å². The first-order valence-electron chi connectivity index (χ1n) is 10.0. The molecule has 1 atom stereocenters. The molecule has 1 unspecified atom stereocenters. The Balaban J connectivity index is 1.67. The number of rotatable bonds is 5. The molecular formula is C21H27F2N3O3. The Kier molecular flexibility index (Phi) is 5.91. The Morgan fingerprint density at radius 2 is 1.93 bits per heavy atom. The summed E-state index contributed by atoms with van der Waals surface area (Å²) < 4.78 is 26.7. The minimum Gasteiger partial charge on any atom is -0.337 e. The van der Waals surface area contributed by atoms with E-state index in [1.807, 2.05) is 0 Å². The van der Waals surface area contributed by atoms with Gasteiger partial charge in [0, 0.05) is 7.05 Å². The topological polar surface area (TPSA) is 69.7 Å². The Morgan fingerprint density at radius 3 is 2.52 bits per heavy atom. The fraction of sp³-hybridized carbons (Fsp3) is 0.571. The van der Waals surface area contributed by atoms with Crippen LogP contribution in [0.1, 0.15) is 57.6 Å². The second-order valence-electron chi connectivity index (χ2n) is 8.11. The van der Waals surface area contributed by atoms with Crippen molar-refractivity contribution in [2.75, 3.05) is 13.6 Å². The van der Waals surface area contributed by atoms with Crippen molar-refractivity contribution in [2.45, 2.75) is 57.5 Å². The summed E-state index contributed by atoms with van der Waals surface area (Å²) in [5, 5.41) is 2.81. The predicted molar refractivity (Wildman–Crippen MR) is 103 cm³/mol. The molecule has 0 bridgehead atoms. The van der Waals surface area contributed by atoms with Crippen LogP contribution in [0.15, 0.2) is 18.2 Å². The fourth-order valence-corrected chi connectivity index (χ4v) is 4.20. The molecular weight excluding hydrogens is 380 g/mol. The lowest BCUT2D eigenvalue weighted by Gasteiger charge is -2.34. The number of hydrogen-bond donors (Lipinski definition) is 1. The largest absolute Gasteiger partial charge is 0.337 e. The highest BCUT2D eigenvalue weighted by atomic mass is 19.2. The number of hydrogen-bond acceptors (Lipinski definition) is 3. The van der Waals surface area contributed by atoms with E-state index in [4.69, 9.17) is 0 Å². The van der Waals surface area contributed by atoms with Crippen molar-refractivity contribution in [3.05, 3.63) is 35.4 Å². The molecule has 4 amide bonds. The molecule has 1 aliphatic heterocycles. The molecule has 158 valence electrons. The van der Waals surface area contributed by atoms with Gasteiger partial charge in [-0.3, -0.25) is 14.5 Å². The van der Waals surface area contributed by atoms with Crippen molar-refractivity contribution in [1.82, 2.24) is 15.1 Å². The van der Waals surface area contributed by atoms with Crippen LogP contribution in [0.25, 0.3) is 0 Å². The summed E-state index contributed by atoms with van der Waals surface area (Å²) in [6, 6.07) is 2.35. The van der Waals surface area contributed by atoms with Crippen LogP contribution in [-0.4, -0.2) is 46.8 Å². The van der Waals surface area contributed by atoms with Gasteiger partial charge in [0.15, 0.2) is 11.6 Å². The molecule has 1 saturated carbocycles. The Labute approximate surface area is 169 Å². The summed E-state index contributed by atoms with van der Waals surface area (Å²) in [4.78, 5) is 40.4. The number of halogens is 2. The smallest absolute Gasteiger partial charge is 0.325 e. The second kappa shape index (κ2) is 8.08. The number of carbonyl (C=O) groups is 3. The summed E-state index contributed by atoms with van der Waals surface area (Å²) in [6.07, 6.45) is 3.96. The molecule has 2 fully saturated rings. The number of nitrogens with zero attached hydrogens (tertiary/aromatic N) is 2. The lowest BCUT2D eigenvalue weighted by molar-refractivity contribution is -0.140. The first kappa shape index (κ1) is 21.2. The van der Waals surface area contributed by atoms with Crippen molar-refractivity contribution in [3.63, 3.8) is 0 Å². The van der Waals surface area contributed by atoms with Crippen LogP contribution < -0.4 is 5.32 Å². The predicted octanol–water partition coefficient (Wildman–Crippen LogP) is 3.38. The van der Waals surface area contributed by atoms with Crippen LogP contribution >= 0.6 is 0 Å². The van der Waals surface area contributed by atoms with Gasteiger partial charge in [0.2, 0.25) is 5.91 Å². The standard InChI is InChI=1S/C21H27F2N3O3/c1-4-14-7-9-21(10-8-14)19(28)26(20(29)24-21)12-18(27)25(3)13(2)15-5-6-16(22)17(23)11-15/h5-6,11,13-14H,4,7-10,12H2,1-3H3,(H,24,29). The average Bonchev–Trinajstić information content (AvgIpc) is 2.93. The Morgan fingerprint density at radius 1 is 1.28 bits per heavy atom. The normalized spacial score (nSPS) is 25.3. The lowest BCUT2D eigenvalue weighted by atomic mass is 9.75. The third-order valence-electron chi connectivity index (χ3n) is 6.48. The van der Waals surface area contributed by atoms with Crippen molar-refractivity contribution in [1.29, 1.82) is 0 Å². The van der Waals surface area contributed by atoms with E-state index in [9.17, 15) is 23.2 Å². The van der Waals surface area contributed by atoms with Gasteiger partial charge >= 0.3 is 6.03 Å².